The predicted octanol–water partition coefficient (Wildman–Crippen LogP) is 18.4. The summed E-state index contributed by atoms with van der Waals surface area (Å²) in [6.07, 6.45) is 3.30. The molecule has 0 saturated carbocycles. The third kappa shape index (κ3) is 22.7. The van der Waals surface area contributed by atoms with Gasteiger partial charge in [0.2, 0.25) is 0 Å². The smallest absolute Gasteiger partial charge is 0.178 e. The van der Waals surface area contributed by atoms with Crippen molar-refractivity contribution in [1.82, 2.24) is 0 Å². The summed E-state index contributed by atoms with van der Waals surface area (Å²) in [6.45, 7) is 20.6. The zero-order valence-electron chi connectivity index (χ0n) is 42.9. The van der Waals surface area contributed by atoms with E-state index >= 15 is 0 Å². The van der Waals surface area contributed by atoms with Crippen molar-refractivity contribution in [3.63, 3.8) is 0 Å². The van der Waals surface area contributed by atoms with Crippen LogP contribution in [0.25, 0.3) is 87.8 Å². The van der Waals surface area contributed by atoms with Crippen molar-refractivity contribution < 1.29 is 345 Å². The van der Waals surface area contributed by atoms with Gasteiger partial charge in [-0.25, -0.2) is 0 Å². The van der Waals surface area contributed by atoms with Crippen LogP contribution < -0.4 is 0 Å². The third-order valence-corrected chi connectivity index (χ3v) is 8.91. The van der Waals surface area contributed by atoms with Crippen LogP contribution in [-0.2, 0) is 340 Å². The first-order valence-electron chi connectivity index (χ1n) is 19.6. The summed E-state index contributed by atoms with van der Waals surface area (Å²) < 4.78 is 24.3. The van der Waals surface area contributed by atoms with E-state index in [0.717, 1.165) is 101 Å². The number of rotatable bonds is 2. The van der Waals surface area contributed by atoms with Gasteiger partial charge < -0.3 is 47.4 Å². The molecule has 336 valence electrons. The van der Waals surface area contributed by atoms with E-state index in [0.29, 0.717) is 0 Å². The first kappa shape index (κ1) is 94.9. The maximum Gasteiger partial charge on any atom is 0.178 e. The van der Waals surface area contributed by atoms with Gasteiger partial charge in [-0.1, -0.05) is 124 Å². The molecule has 0 bridgehead atoms. The van der Waals surface area contributed by atoms with E-state index in [1.807, 2.05) is 77.9 Å². The minimum absolute atomic E-state index is 0. The molecule has 10 radical (unpaired) electrons. The van der Waals surface area contributed by atoms with Crippen LogP contribution in [0.2, 0.25) is 0 Å². The van der Waals surface area contributed by atoms with Gasteiger partial charge in [0.15, 0.2) is 22.3 Å². The first-order valence-corrected chi connectivity index (χ1v) is 19.6. The Balaban J connectivity index is -0.0000000878. The standard InChI is InChI=1S/2C20H14O2.C3H8.3C2H6.4CH3.10Y/c2*1-2-12-7-10-18-16(11-12)15-9-8-14-13-5-3-4-6-17(13)21-19(14)20(15)22-18;1-3-2;3*1-2;;;;;;;;;;;;;;/h2*3-11H,2H2,1H3;3H2,1-2H3;3*1-2H3;4*1H3;;;;;;;;;;/q;;;;;;4*-1;;;;;;;;;;. The van der Waals surface area contributed by atoms with E-state index in [1.54, 1.807) is 0 Å². The van der Waals surface area contributed by atoms with Gasteiger partial charge in [0.25, 0.3) is 0 Å². The fourth-order valence-electron chi connectivity index (χ4n) is 6.57. The number of benzene rings is 6. The molecule has 0 spiro atoms. The number of hydrogen-bond acceptors (Lipinski definition) is 4. The third-order valence-electron chi connectivity index (χ3n) is 8.91. The zero-order chi connectivity index (χ0) is 38.1. The van der Waals surface area contributed by atoms with Crippen molar-refractivity contribution in [3.8, 4) is 0 Å². The van der Waals surface area contributed by atoms with E-state index in [1.165, 1.54) is 17.5 Å². The molecule has 0 atom stereocenters. The molecule has 0 aliphatic carbocycles. The van der Waals surface area contributed by atoms with Crippen LogP contribution in [-0.4, -0.2) is 0 Å². The van der Waals surface area contributed by atoms with Crippen molar-refractivity contribution in [3.05, 3.63) is 150 Å². The summed E-state index contributed by atoms with van der Waals surface area (Å²) in [5, 5.41) is 9.06. The van der Waals surface area contributed by atoms with Crippen molar-refractivity contribution in [2.75, 3.05) is 0 Å². The minimum atomic E-state index is 0. The molecule has 0 saturated heterocycles. The average Bonchev–Trinajstić information content (AvgIpc) is 4.00. The monoisotopic (exact) mass is 1660 g/mol. The van der Waals surface area contributed by atoms with E-state index in [2.05, 4.69) is 100 Å². The quantitative estimate of drug-likeness (QED) is 0.162. The molecule has 67 heavy (non-hydrogen) atoms. The van der Waals surface area contributed by atoms with E-state index in [4.69, 9.17) is 17.7 Å². The summed E-state index contributed by atoms with van der Waals surface area (Å²) in [4.78, 5) is 0. The predicted molar refractivity (Wildman–Crippen MR) is 256 cm³/mol. The fourth-order valence-corrected chi connectivity index (χ4v) is 6.57. The van der Waals surface area contributed by atoms with Gasteiger partial charge in [0.1, 0.15) is 22.3 Å². The molecule has 4 heterocycles. The van der Waals surface area contributed by atoms with Gasteiger partial charge in [0.05, 0.1) is 0 Å². The Labute approximate surface area is 656 Å². The summed E-state index contributed by atoms with van der Waals surface area (Å²) in [5.41, 5.74) is 9.65. The second-order valence-electron chi connectivity index (χ2n) is 12.1. The average molecular weight is 1660 g/mol. The number of para-hydroxylation sites is 2. The van der Waals surface area contributed by atoms with Gasteiger partial charge in [0, 0.05) is 370 Å². The van der Waals surface area contributed by atoms with E-state index in [-0.39, 0.29) is 357 Å². The number of hydrogen-bond donors (Lipinski definition) is 0. The number of furan rings is 4. The Kier molecular flexibility index (Phi) is 70.6. The summed E-state index contributed by atoms with van der Waals surface area (Å²) in [6, 6.07) is 37.6. The maximum absolute atomic E-state index is 6.10. The fraction of sp³-hybridized carbons (Fsp3) is 0.245. The molecule has 0 amide bonds. The summed E-state index contributed by atoms with van der Waals surface area (Å²) in [7, 11) is 0. The van der Waals surface area contributed by atoms with Crippen LogP contribution in [0.5, 0.6) is 0 Å². The Morgan fingerprint density at radius 1 is 0.284 bits per heavy atom. The minimum Gasteiger partial charge on any atom is -0.452 e. The number of aryl methyl sites for hydroxylation is 2. The van der Waals surface area contributed by atoms with Gasteiger partial charge in [-0.15, -0.1) is 0 Å². The molecule has 14 heteroatoms. The SMILES string of the molecule is CC.CC.CC.CCC.CCc1ccc2oc3c(ccc4c5ccccc5oc43)c2c1.CCc1ccc2oc3c(ccc4c5ccccc5oc43)c2c1.[CH3-].[CH3-].[CH3-].[CH3-].[Y].[Y].[Y].[Y].[Y].[Y].[Y].[Y].[Y].[Y]. The van der Waals surface area contributed by atoms with Gasteiger partial charge in [-0.2, -0.15) is 0 Å². The maximum atomic E-state index is 6.10. The summed E-state index contributed by atoms with van der Waals surface area (Å²) >= 11 is 0. The molecule has 10 aromatic rings. The molecule has 0 fully saturated rings. The van der Waals surface area contributed by atoms with Crippen LogP contribution in [0.4, 0.5) is 0 Å². The van der Waals surface area contributed by atoms with Crippen LogP contribution in [0.1, 0.15) is 86.8 Å². The molecule has 0 N–H and O–H groups in total. The van der Waals surface area contributed by atoms with E-state index < -0.39 is 0 Å². The van der Waals surface area contributed by atoms with Crippen LogP contribution >= 0.6 is 0 Å². The van der Waals surface area contributed by atoms with Crippen molar-refractivity contribution in [2.45, 2.75) is 88.5 Å². The Bertz CT molecular complexity index is 2560. The van der Waals surface area contributed by atoms with Crippen LogP contribution in [0.3, 0.4) is 0 Å². The van der Waals surface area contributed by atoms with Crippen molar-refractivity contribution in [2.24, 2.45) is 0 Å². The topological polar surface area (TPSA) is 52.6 Å². The van der Waals surface area contributed by atoms with Gasteiger partial charge in [-0.3, -0.25) is 0 Å². The molecule has 0 aliphatic rings. The number of fused-ring (bicyclic) bond motifs is 14. The van der Waals surface area contributed by atoms with Crippen LogP contribution in [0, 0.1) is 29.7 Å². The summed E-state index contributed by atoms with van der Waals surface area (Å²) in [5.74, 6) is 0. The first-order chi connectivity index (χ1) is 26.1. The molecule has 0 aliphatic heterocycles. The largest absolute Gasteiger partial charge is 0.452 e. The molecule has 4 aromatic heterocycles. The van der Waals surface area contributed by atoms with E-state index in [9.17, 15) is 0 Å². The molecule has 0 unspecified atom stereocenters. The molecular formula is C53H66O4Y10-4. The molecule has 4 nitrogen and oxygen atoms in total. The molecular weight excluding hydrogens is 1590 g/mol. The van der Waals surface area contributed by atoms with Gasteiger partial charge in [-0.05, 0) is 84.6 Å². The van der Waals surface area contributed by atoms with Crippen molar-refractivity contribution >= 4 is 87.8 Å². The Morgan fingerprint density at radius 3 is 0.761 bits per heavy atom. The van der Waals surface area contributed by atoms with Crippen LogP contribution in [0.15, 0.2) is 127 Å². The second-order valence-corrected chi connectivity index (χ2v) is 12.1. The Morgan fingerprint density at radius 2 is 0.507 bits per heavy atom. The molecule has 10 rings (SSSR count). The van der Waals surface area contributed by atoms with Crippen molar-refractivity contribution in [1.29, 1.82) is 0 Å². The Hall–Kier alpha value is 5.56. The zero-order valence-corrected chi connectivity index (χ0v) is 71.3. The van der Waals surface area contributed by atoms with Gasteiger partial charge >= 0.3 is 0 Å². The normalized spacial score (nSPS) is 8.45. The second kappa shape index (κ2) is 49.8. The molecule has 6 aromatic carbocycles.